The van der Waals surface area contributed by atoms with Crippen molar-refractivity contribution in [2.24, 2.45) is 47.2 Å². The zero-order chi connectivity index (χ0) is 22.0. The van der Waals surface area contributed by atoms with Crippen LogP contribution in [-0.2, 0) is 0 Å². The van der Waals surface area contributed by atoms with Gasteiger partial charge in [-0.1, -0.05) is 68.7 Å². The maximum absolute atomic E-state index is 7.07. The molecule has 2 saturated carbocycles. The second kappa shape index (κ2) is 10.1. The number of rotatable bonds is 6. The summed E-state index contributed by atoms with van der Waals surface area (Å²) >= 11 is 0. The molecule has 2 N–H and O–H groups in total. The molecule has 0 heterocycles. The van der Waals surface area contributed by atoms with E-state index in [4.69, 9.17) is 5.73 Å². The molecule has 0 spiro atoms. The zero-order valence-electron chi connectivity index (χ0n) is 21.2. The Balaban J connectivity index is 1.36. The highest BCUT2D eigenvalue weighted by atomic mass is 14.8. The van der Waals surface area contributed by atoms with E-state index in [-0.39, 0.29) is 5.54 Å². The minimum Gasteiger partial charge on any atom is -0.325 e. The minimum absolute atomic E-state index is 0.00255. The highest BCUT2D eigenvalue weighted by Crippen LogP contribution is 2.50. The van der Waals surface area contributed by atoms with Crippen molar-refractivity contribution in [3.63, 3.8) is 0 Å². The summed E-state index contributed by atoms with van der Waals surface area (Å²) in [7, 11) is 0. The van der Waals surface area contributed by atoms with E-state index in [0.717, 1.165) is 35.5 Å². The maximum atomic E-state index is 7.07. The smallest absolute Gasteiger partial charge is 0.0162 e. The lowest BCUT2D eigenvalue weighted by Crippen LogP contribution is -2.49. The first-order valence-electron chi connectivity index (χ1n) is 13.9. The fourth-order valence-electron chi connectivity index (χ4n) is 8.58. The molecule has 2 fully saturated rings. The number of hydrogen-bond acceptors (Lipinski definition) is 1. The van der Waals surface area contributed by atoms with Crippen LogP contribution in [0.25, 0.3) is 0 Å². The molecule has 5 atom stereocenters. The van der Waals surface area contributed by atoms with Gasteiger partial charge in [0.25, 0.3) is 0 Å². The van der Waals surface area contributed by atoms with E-state index in [9.17, 15) is 0 Å². The van der Waals surface area contributed by atoms with Gasteiger partial charge in [0.2, 0.25) is 0 Å². The van der Waals surface area contributed by atoms with Crippen molar-refractivity contribution in [1.82, 2.24) is 0 Å². The van der Waals surface area contributed by atoms with E-state index in [1.54, 1.807) is 11.1 Å². The Morgan fingerprint density at radius 3 is 2.19 bits per heavy atom. The average molecular weight is 426 g/mol. The maximum Gasteiger partial charge on any atom is 0.0162 e. The van der Waals surface area contributed by atoms with Gasteiger partial charge in [-0.25, -0.2) is 0 Å². The molecule has 0 aromatic rings. The largest absolute Gasteiger partial charge is 0.325 e. The average Bonchev–Trinajstić information content (AvgIpc) is 3.25. The summed E-state index contributed by atoms with van der Waals surface area (Å²) in [4.78, 5) is 0. The first-order valence-corrected chi connectivity index (χ1v) is 13.9. The minimum atomic E-state index is 0.00255. The monoisotopic (exact) mass is 425 g/mol. The molecule has 31 heavy (non-hydrogen) atoms. The van der Waals surface area contributed by atoms with Crippen LogP contribution < -0.4 is 5.73 Å². The number of allylic oxidation sites excluding steroid dienone is 4. The second-order valence-corrected chi connectivity index (χ2v) is 12.8. The van der Waals surface area contributed by atoms with Gasteiger partial charge in [-0.05, 0) is 114 Å². The summed E-state index contributed by atoms with van der Waals surface area (Å²) in [5.41, 5.74) is 10.3. The highest BCUT2D eigenvalue weighted by molar-refractivity contribution is 5.10. The first kappa shape index (κ1) is 23.6. The Morgan fingerprint density at radius 2 is 1.52 bits per heavy atom. The first-order chi connectivity index (χ1) is 14.8. The summed E-state index contributed by atoms with van der Waals surface area (Å²) < 4.78 is 0. The molecule has 0 aliphatic heterocycles. The van der Waals surface area contributed by atoms with E-state index in [1.807, 2.05) is 0 Å². The molecule has 5 unspecified atom stereocenters. The standard InChI is InChI=1S/C30H51N/c1-21-8-7-11-27(18-21)29(25-9-5-6-10-25)26-16-14-24(15-17-26)20-30(4,31)28-19-22(2)12-13-23(28)3/h8,12,23-29H,5-7,9-11,13-20,31H2,1-4H3. The van der Waals surface area contributed by atoms with Crippen LogP contribution in [-0.4, -0.2) is 5.54 Å². The molecule has 1 nitrogen and oxygen atoms in total. The molecular formula is C30H51N. The molecule has 0 aromatic carbocycles. The Labute approximate surface area is 193 Å². The van der Waals surface area contributed by atoms with Gasteiger partial charge in [0.05, 0.1) is 0 Å². The predicted octanol–water partition coefficient (Wildman–Crippen LogP) is 8.45. The van der Waals surface area contributed by atoms with Crippen LogP contribution in [0.4, 0.5) is 0 Å². The summed E-state index contributed by atoms with van der Waals surface area (Å²) in [5, 5.41) is 0. The summed E-state index contributed by atoms with van der Waals surface area (Å²) in [6.45, 7) is 9.52. The SMILES string of the molecule is CC1=CCCC(C(C2CCCC2)C2CCC(CC(C)(N)C3CC(C)=CCC3C)CC2)C1. The van der Waals surface area contributed by atoms with Gasteiger partial charge in [0, 0.05) is 5.54 Å². The molecule has 0 aromatic heterocycles. The molecule has 1 heteroatoms. The predicted molar refractivity (Wildman–Crippen MR) is 135 cm³/mol. The fourth-order valence-corrected chi connectivity index (χ4v) is 8.58. The van der Waals surface area contributed by atoms with Gasteiger partial charge >= 0.3 is 0 Å². The molecule has 0 saturated heterocycles. The Hall–Kier alpha value is -0.560. The summed E-state index contributed by atoms with van der Waals surface area (Å²) in [6, 6.07) is 0. The molecular weight excluding hydrogens is 374 g/mol. The number of nitrogens with two attached hydrogens (primary N) is 1. The van der Waals surface area contributed by atoms with Crippen molar-refractivity contribution in [3.05, 3.63) is 23.3 Å². The molecule has 4 rings (SSSR count). The van der Waals surface area contributed by atoms with E-state index in [2.05, 4.69) is 39.8 Å². The summed E-state index contributed by atoms with van der Waals surface area (Å²) in [6.07, 6.45) is 24.8. The van der Waals surface area contributed by atoms with Crippen LogP contribution in [0.3, 0.4) is 0 Å². The third kappa shape index (κ3) is 5.69. The van der Waals surface area contributed by atoms with Crippen molar-refractivity contribution in [3.8, 4) is 0 Å². The number of hydrogen-bond donors (Lipinski definition) is 1. The lowest BCUT2D eigenvalue weighted by molar-refractivity contribution is 0.0774. The Kier molecular flexibility index (Phi) is 7.72. The molecule has 4 aliphatic carbocycles. The Morgan fingerprint density at radius 1 is 0.871 bits per heavy atom. The van der Waals surface area contributed by atoms with Crippen LogP contribution in [0.1, 0.15) is 118 Å². The second-order valence-electron chi connectivity index (χ2n) is 12.8. The third-order valence-corrected chi connectivity index (χ3v) is 10.2. The van der Waals surface area contributed by atoms with Crippen LogP contribution in [0.15, 0.2) is 23.3 Å². The van der Waals surface area contributed by atoms with Gasteiger partial charge in [-0.15, -0.1) is 0 Å². The molecule has 4 aliphatic rings. The molecule has 176 valence electrons. The quantitative estimate of drug-likeness (QED) is 0.424. The topological polar surface area (TPSA) is 26.0 Å². The van der Waals surface area contributed by atoms with E-state index < -0.39 is 0 Å². The van der Waals surface area contributed by atoms with Gasteiger partial charge in [-0.2, -0.15) is 0 Å². The van der Waals surface area contributed by atoms with Crippen LogP contribution >= 0.6 is 0 Å². The van der Waals surface area contributed by atoms with Crippen molar-refractivity contribution in [1.29, 1.82) is 0 Å². The van der Waals surface area contributed by atoms with Crippen molar-refractivity contribution in [2.45, 2.75) is 123 Å². The molecule has 0 bridgehead atoms. The Bertz CT molecular complexity index is 641. The normalized spacial score (nSPS) is 38.3. The zero-order valence-corrected chi connectivity index (χ0v) is 21.2. The summed E-state index contributed by atoms with van der Waals surface area (Å²) in [5.74, 6) is 6.30. The third-order valence-electron chi connectivity index (χ3n) is 10.2. The molecule has 0 radical (unpaired) electrons. The van der Waals surface area contributed by atoms with E-state index in [1.165, 1.54) is 89.9 Å². The van der Waals surface area contributed by atoms with Crippen LogP contribution in [0.5, 0.6) is 0 Å². The van der Waals surface area contributed by atoms with Crippen LogP contribution in [0, 0.1) is 41.4 Å². The van der Waals surface area contributed by atoms with E-state index in [0.29, 0.717) is 5.92 Å². The van der Waals surface area contributed by atoms with Crippen molar-refractivity contribution in [2.75, 3.05) is 0 Å². The lowest BCUT2D eigenvalue weighted by atomic mass is 9.61. The fraction of sp³-hybridized carbons (Fsp3) is 0.867. The molecule has 0 amide bonds. The van der Waals surface area contributed by atoms with Gasteiger partial charge in [0.15, 0.2) is 0 Å². The van der Waals surface area contributed by atoms with E-state index >= 15 is 0 Å². The van der Waals surface area contributed by atoms with Crippen molar-refractivity contribution >= 4 is 0 Å². The van der Waals surface area contributed by atoms with Crippen molar-refractivity contribution < 1.29 is 0 Å². The van der Waals surface area contributed by atoms with Gasteiger partial charge < -0.3 is 5.73 Å². The van der Waals surface area contributed by atoms with Gasteiger partial charge in [-0.3, -0.25) is 0 Å². The van der Waals surface area contributed by atoms with Crippen LogP contribution in [0.2, 0.25) is 0 Å². The highest BCUT2D eigenvalue weighted by Gasteiger charge is 2.41. The van der Waals surface area contributed by atoms with Gasteiger partial charge in [0.1, 0.15) is 0 Å². The lowest BCUT2D eigenvalue weighted by Gasteiger charge is -2.45.